The van der Waals surface area contributed by atoms with Crippen LogP contribution in [0.25, 0.3) is 0 Å². The Labute approximate surface area is 107 Å². The van der Waals surface area contributed by atoms with Crippen molar-refractivity contribution in [3.8, 4) is 0 Å². The average molecular weight is 254 g/mol. The molecule has 0 aliphatic carbocycles. The lowest BCUT2D eigenvalue weighted by Crippen LogP contribution is -2.41. The van der Waals surface area contributed by atoms with E-state index < -0.39 is 6.04 Å². The number of ether oxygens (including phenoxy) is 1. The molecule has 1 aromatic rings. The van der Waals surface area contributed by atoms with Gasteiger partial charge in [0.05, 0.1) is 18.8 Å². The topological polar surface area (TPSA) is 82.2 Å². The quantitative estimate of drug-likeness (QED) is 0.643. The summed E-state index contributed by atoms with van der Waals surface area (Å²) in [5.74, 6) is -0.116. The van der Waals surface area contributed by atoms with E-state index in [0.717, 1.165) is 12.0 Å². The van der Waals surface area contributed by atoms with Gasteiger partial charge in [0.25, 0.3) is 0 Å². The van der Waals surface area contributed by atoms with E-state index in [2.05, 4.69) is 10.4 Å². The molecule has 0 bridgehead atoms. The SMILES string of the molecule is COCCCC(N)C(=O)NCCn1cc(C)cn1. The first-order valence-electron chi connectivity index (χ1n) is 6.14. The molecule has 1 unspecified atom stereocenters. The van der Waals surface area contributed by atoms with Crippen molar-refractivity contribution in [1.29, 1.82) is 0 Å². The third-order valence-electron chi connectivity index (χ3n) is 2.60. The molecule has 0 aliphatic heterocycles. The van der Waals surface area contributed by atoms with Gasteiger partial charge in [0, 0.05) is 26.5 Å². The molecule has 102 valence electrons. The third-order valence-corrected chi connectivity index (χ3v) is 2.60. The predicted octanol–water partition coefficient (Wildman–Crippen LogP) is 0.0616. The minimum Gasteiger partial charge on any atom is -0.385 e. The molecular weight excluding hydrogens is 232 g/mol. The zero-order valence-electron chi connectivity index (χ0n) is 11.1. The van der Waals surface area contributed by atoms with Crippen LogP contribution in [0, 0.1) is 6.92 Å². The number of rotatable bonds is 8. The van der Waals surface area contributed by atoms with E-state index in [9.17, 15) is 4.79 Å². The summed E-state index contributed by atoms with van der Waals surface area (Å²) in [6.45, 7) is 3.81. The van der Waals surface area contributed by atoms with Crippen molar-refractivity contribution < 1.29 is 9.53 Å². The molecule has 0 radical (unpaired) electrons. The van der Waals surface area contributed by atoms with E-state index in [1.165, 1.54) is 0 Å². The van der Waals surface area contributed by atoms with Gasteiger partial charge in [-0.15, -0.1) is 0 Å². The molecule has 1 aromatic heterocycles. The summed E-state index contributed by atoms with van der Waals surface area (Å²) in [6.07, 6.45) is 5.16. The molecule has 0 fully saturated rings. The lowest BCUT2D eigenvalue weighted by Gasteiger charge is -2.11. The van der Waals surface area contributed by atoms with Crippen molar-refractivity contribution in [2.45, 2.75) is 32.4 Å². The highest BCUT2D eigenvalue weighted by atomic mass is 16.5. The number of hydrogen-bond acceptors (Lipinski definition) is 4. The van der Waals surface area contributed by atoms with Crippen LogP contribution in [0.15, 0.2) is 12.4 Å². The maximum atomic E-state index is 11.6. The summed E-state index contributed by atoms with van der Waals surface area (Å²) in [5, 5.41) is 6.94. The van der Waals surface area contributed by atoms with Crippen molar-refractivity contribution in [3.05, 3.63) is 18.0 Å². The summed E-state index contributed by atoms with van der Waals surface area (Å²) in [6, 6.07) is -0.459. The van der Waals surface area contributed by atoms with Crippen molar-refractivity contribution in [2.75, 3.05) is 20.3 Å². The first-order valence-corrected chi connectivity index (χ1v) is 6.14. The molecule has 1 amide bonds. The Balaban J connectivity index is 2.16. The number of nitrogens with two attached hydrogens (primary N) is 1. The van der Waals surface area contributed by atoms with Crippen molar-refractivity contribution in [3.63, 3.8) is 0 Å². The Morgan fingerprint density at radius 3 is 3.06 bits per heavy atom. The normalized spacial score (nSPS) is 12.4. The van der Waals surface area contributed by atoms with Crippen molar-refractivity contribution in [2.24, 2.45) is 5.73 Å². The van der Waals surface area contributed by atoms with Gasteiger partial charge in [-0.2, -0.15) is 5.10 Å². The molecule has 6 heteroatoms. The molecule has 0 saturated heterocycles. The smallest absolute Gasteiger partial charge is 0.236 e. The maximum absolute atomic E-state index is 11.6. The Bertz CT molecular complexity index is 365. The van der Waals surface area contributed by atoms with E-state index in [0.29, 0.717) is 26.1 Å². The van der Waals surface area contributed by atoms with Gasteiger partial charge < -0.3 is 15.8 Å². The minimum absolute atomic E-state index is 0.116. The number of amides is 1. The molecular formula is C12H22N4O2. The largest absolute Gasteiger partial charge is 0.385 e. The van der Waals surface area contributed by atoms with Gasteiger partial charge in [0.1, 0.15) is 0 Å². The van der Waals surface area contributed by atoms with E-state index in [1.54, 1.807) is 18.0 Å². The highest BCUT2D eigenvalue weighted by Crippen LogP contribution is 1.96. The van der Waals surface area contributed by atoms with E-state index in [4.69, 9.17) is 10.5 Å². The van der Waals surface area contributed by atoms with Crippen molar-refractivity contribution in [1.82, 2.24) is 15.1 Å². The zero-order chi connectivity index (χ0) is 13.4. The van der Waals surface area contributed by atoms with Gasteiger partial charge in [0.15, 0.2) is 0 Å². The van der Waals surface area contributed by atoms with Crippen LogP contribution >= 0.6 is 0 Å². The fraction of sp³-hybridized carbons (Fsp3) is 0.667. The van der Waals surface area contributed by atoms with E-state index in [1.807, 2.05) is 13.1 Å². The third kappa shape index (κ3) is 5.29. The second-order valence-corrected chi connectivity index (χ2v) is 4.31. The standard InChI is InChI=1S/C12H22N4O2/c1-10-8-15-16(9-10)6-5-14-12(17)11(13)4-3-7-18-2/h8-9,11H,3-7,13H2,1-2H3,(H,14,17). The predicted molar refractivity (Wildman–Crippen MR) is 69.1 cm³/mol. The Morgan fingerprint density at radius 1 is 1.67 bits per heavy atom. The van der Waals surface area contributed by atoms with Crippen LogP contribution in [0.5, 0.6) is 0 Å². The first kappa shape index (κ1) is 14.7. The highest BCUT2D eigenvalue weighted by molar-refractivity contribution is 5.81. The number of hydrogen-bond donors (Lipinski definition) is 2. The maximum Gasteiger partial charge on any atom is 0.236 e. The monoisotopic (exact) mass is 254 g/mol. The lowest BCUT2D eigenvalue weighted by molar-refractivity contribution is -0.122. The molecule has 6 nitrogen and oxygen atoms in total. The Hall–Kier alpha value is -1.40. The van der Waals surface area contributed by atoms with E-state index >= 15 is 0 Å². The van der Waals surface area contributed by atoms with Crippen LogP contribution in [0.4, 0.5) is 0 Å². The average Bonchev–Trinajstić information content (AvgIpc) is 2.75. The number of aryl methyl sites for hydroxylation is 1. The van der Waals surface area contributed by atoms with Crippen molar-refractivity contribution >= 4 is 5.91 Å². The molecule has 1 rings (SSSR count). The number of aromatic nitrogens is 2. The fourth-order valence-corrected chi connectivity index (χ4v) is 1.59. The summed E-state index contributed by atoms with van der Waals surface area (Å²) in [7, 11) is 1.64. The molecule has 1 atom stereocenters. The number of nitrogens with one attached hydrogen (secondary N) is 1. The van der Waals surface area contributed by atoms with Gasteiger partial charge in [-0.05, 0) is 25.3 Å². The molecule has 0 aliphatic rings. The number of methoxy groups -OCH3 is 1. The molecule has 1 heterocycles. The second-order valence-electron chi connectivity index (χ2n) is 4.31. The van der Waals surface area contributed by atoms with Gasteiger partial charge >= 0.3 is 0 Å². The number of carbonyl (C=O) groups excluding carboxylic acids is 1. The molecule has 18 heavy (non-hydrogen) atoms. The molecule has 0 saturated carbocycles. The molecule has 0 spiro atoms. The van der Waals surface area contributed by atoms with Crippen LogP contribution < -0.4 is 11.1 Å². The second kappa shape index (κ2) is 7.84. The van der Waals surface area contributed by atoms with Crippen LogP contribution in [-0.4, -0.2) is 42.0 Å². The first-order chi connectivity index (χ1) is 8.63. The Morgan fingerprint density at radius 2 is 2.44 bits per heavy atom. The summed E-state index contributed by atoms with van der Waals surface area (Å²) in [4.78, 5) is 11.6. The summed E-state index contributed by atoms with van der Waals surface area (Å²) < 4.78 is 6.71. The number of nitrogens with zero attached hydrogens (tertiary/aromatic N) is 2. The molecule has 0 aromatic carbocycles. The fourth-order valence-electron chi connectivity index (χ4n) is 1.59. The highest BCUT2D eigenvalue weighted by Gasteiger charge is 2.11. The zero-order valence-corrected chi connectivity index (χ0v) is 11.1. The van der Waals surface area contributed by atoms with Crippen LogP contribution in [0.2, 0.25) is 0 Å². The molecule has 3 N–H and O–H groups in total. The van der Waals surface area contributed by atoms with Gasteiger partial charge in [-0.3, -0.25) is 9.48 Å². The van der Waals surface area contributed by atoms with Gasteiger partial charge in [-0.25, -0.2) is 0 Å². The summed E-state index contributed by atoms with van der Waals surface area (Å²) in [5.41, 5.74) is 6.86. The van der Waals surface area contributed by atoms with Gasteiger partial charge in [0.2, 0.25) is 5.91 Å². The van der Waals surface area contributed by atoms with E-state index in [-0.39, 0.29) is 5.91 Å². The summed E-state index contributed by atoms with van der Waals surface area (Å²) >= 11 is 0. The van der Waals surface area contributed by atoms with Crippen LogP contribution in [-0.2, 0) is 16.1 Å². The van der Waals surface area contributed by atoms with Crippen LogP contribution in [0.1, 0.15) is 18.4 Å². The van der Waals surface area contributed by atoms with Gasteiger partial charge in [-0.1, -0.05) is 0 Å². The van der Waals surface area contributed by atoms with Crippen LogP contribution in [0.3, 0.4) is 0 Å². The minimum atomic E-state index is -0.459. The Kier molecular flexibility index (Phi) is 6.38. The number of carbonyl (C=O) groups is 1. The lowest BCUT2D eigenvalue weighted by atomic mass is 10.1.